The number of ether oxygens (including phenoxy) is 1. The van der Waals surface area contributed by atoms with Crippen molar-refractivity contribution in [3.63, 3.8) is 0 Å². The molecule has 0 bridgehead atoms. The van der Waals surface area contributed by atoms with Crippen molar-refractivity contribution >= 4 is 17.5 Å². The number of para-hydroxylation sites is 1. The quantitative estimate of drug-likeness (QED) is 0.526. The molecule has 0 spiro atoms. The van der Waals surface area contributed by atoms with Crippen molar-refractivity contribution in [2.75, 3.05) is 25.5 Å². The number of halogens is 3. The molecule has 0 aliphatic heterocycles. The Kier molecular flexibility index (Phi) is 5.53. The molecular formula is C12H14F3N3O3. The van der Waals surface area contributed by atoms with Crippen LogP contribution in [0.4, 0.5) is 18.9 Å². The van der Waals surface area contributed by atoms with Crippen LogP contribution in [0.25, 0.3) is 0 Å². The first-order chi connectivity index (χ1) is 9.73. The van der Waals surface area contributed by atoms with Crippen molar-refractivity contribution in [2.24, 2.45) is 5.73 Å². The van der Waals surface area contributed by atoms with E-state index in [9.17, 15) is 22.8 Å². The number of carbonyl (C=O) groups excluding carboxylic acids is 2. The summed E-state index contributed by atoms with van der Waals surface area (Å²) in [6.45, 7) is -0.309. The Labute approximate surface area is 118 Å². The Morgan fingerprint density at radius 1 is 1.29 bits per heavy atom. The molecule has 0 aliphatic rings. The largest absolute Gasteiger partial charge is 0.418 e. The molecule has 0 heterocycles. The van der Waals surface area contributed by atoms with Crippen molar-refractivity contribution in [3.8, 4) is 0 Å². The van der Waals surface area contributed by atoms with Crippen LogP contribution in [0.5, 0.6) is 0 Å². The fourth-order valence-corrected chi connectivity index (χ4v) is 1.52. The van der Waals surface area contributed by atoms with Gasteiger partial charge in [0.25, 0.3) is 5.91 Å². The van der Waals surface area contributed by atoms with E-state index in [-0.39, 0.29) is 25.3 Å². The van der Waals surface area contributed by atoms with Gasteiger partial charge in [-0.05, 0) is 12.1 Å². The summed E-state index contributed by atoms with van der Waals surface area (Å²) in [6.07, 6.45) is -4.63. The highest BCUT2D eigenvalue weighted by Crippen LogP contribution is 2.34. The first-order valence-corrected chi connectivity index (χ1v) is 5.83. The monoisotopic (exact) mass is 305 g/mol. The second-order valence-electron chi connectivity index (χ2n) is 4.04. The zero-order valence-corrected chi connectivity index (χ0v) is 10.9. The van der Waals surface area contributed by atoms with Crippen LogP contribution in [0.1, 0.15) is 15.9 Å². The van der Waals surface area contributed by atoms with Gasteiger partial charge < -0.3 is 21.5 Å². The Morgan fingerprint density at radius 3 is 2.52 bits per heavy atom. The lowest BCUT2D eigenvalue weighted by Crippen LogP contribution is -2.29. The third-order valence-electron chi connectivity index (χ3n) is 2.43. The highest BCUT2D eigenvalue weighted by atomic mass is 19.4. The summed E-state index contributed by atoms with van der Waals surface area (Å²) in [5.74, 6) is -1.43. The summed E-state index contributed by atoms with van der Waals surface area (Å²) in [7, 11) is 0. The number of alkyl halides is 3. The molecule has 6 nitrogen and oxygen atoms in total. The third kappa shape index (κ3) is 4.95. The lowest BCUT2D eigenvalue weighted by atomic mass is 10.1. The maximum Gasteiger partial charge on any atom is 0.418 e. The van der Waals surface area contributed by atoms with Gasteiger partial charge in [-0.15, -0.1) is 0 Å². The SMILES string of the molecule is NC(=O)COCCNC(=O)c1cccc(C(F)(F)F)c1N. The maximum atomic E-state index is 12.6. The highest BCUT2D eigenvalue weighted by molar-refractivity contribution is 5.99. The summed E-state index contributed by atoms with van der Waals surface area (Å²) in [4.78, 5) is 22.1. The molecule has 1 aromatic rings. The maximum absolute atomic E-state index is 12.6. The van der Waals surface area contributed by atoms with E-state index in [1.54, 1.807) is 0 Å². The molecule has 2 amide bonds. The van der Waals surface area contributed by atoms with E-state index in [0.717, 1.165) is 12.1 Å². The minimum absolute atomic E-state index is 0.00178. The number of primary amides is 1. The molecule has 9 heteroatoms. The Hall–Kier alpha value is -2.29. The van der Waals surface area contributed by atoms with Gasteiger partial charge in [0.1, 0.15) is 6.61 Å². The van der Waals surface area contributed by atoms with E-state index in [4.69, 9.17) is 16.2 Å². The minimum Gasteiger partial charge on any atom is -0.398 e. The van der Waals surface area contributed by atoms with Crippen LogP contribution < -0.4 is 16.8 Å². The topological polar surface area (TPSA) is 107 Å². The number of amides is 2. The van der Waals surface area contributed by atoms with Crippen LogP contribution in [0.2, 0.25) is 0 Å². The smallest absolute Gasteiger partial charge is 0.398 e. The molecule has 0 saturated heterocycles. The number of rotatable bonds is 6. The van der Waals surface area contributed by atoms with Gasteiger partial charge in [-0.2, -0.15) is 13.2 Å². The first-order valence-electron chi connectivity index (χ1n) is 5.83. The average molecular weight is 305 g/mol. The number of carbonyl (C=O) groups is 2. The van der Waals surface area contributed by atoms with E-state index in [1.807, 2.05) is 0 Å². The average Bonchev–Trinajstić information content (AvgIpc) is 2.36. The van der Waals surface area contributed by atoms with Crippen LogP contribution in [-0.4, -0.2) is 31.6 Å². The van der Waals surface area contributed by atoms with Crippen LogP contribution in [0, 0.1) is 0 Å². The lowest BCUT2D eigenvalue weighted by molar-refractivity contribution is -0.136. The molecule has 0 aliphatic carbocycles. The first kappa shape index (κ1) is 16.8. The normalized spacial score (nSPS) is 11.2. The molecule has 0 atom stereocenters. The van der Waals surface area contributed by atoms with E-state index in [0.29, 0.717) is 0 Å². The van der Waals surface area contributed by atoms with Gasteiger partial charge in [-0.25, -0.2) is 0 Å². The van der Waals surface area contributed by atoms with E-state index < -0.39 is 29.2 Å². The molecule has 21 heavy (non-hydrogen) atoms. The predicted octanol–water partition coefficient (Wildman–Crippen LogP) is 0.519. The predicted molar refractivity (Wildman–Crippen MR) is 68.2 cm³/mol. The number of nitrogens with two attached hydrogens (primary N) is 2. The van der Waals surface area contributed by atoms with Crippen molar-refractivity contribution in [2.45, 2.75) is 6.18 Å². The molecule has 1 rings (SSSR count). The second kappa shape index (κ2) is 6.93. The van der Waals surface area contributed by atoms with E-state index in [1.165, 1.54) is 6.07 Å². The number of hydrogen-bond donors (Lipinski definition) is 3. The third-order valence-corrected chi connectivity index (χ3v) is 2.43. The number of nitrogens with one attached hydrogen (secondary N) is 1. The van der Waals surface area contributed by atoms with E-state index >= 15 is 0 Å². The number of benzene rings is 1. The molecule has 0 saturated carbocycles. The van der Waals surface area contributed by atoms with Gasteiger partial charge in [-0.1, -0.05) is 6.07 Å². The summed E-state index contributed by atoms with van der Waals surface area (Å²) >= 11 is 0. The Balaban J connectivity index is 2.65. The van der Waals surface area contributed by atoms with Crippen molar-refractivity contribution in [1.82, 2.24) is 5.32 Å². The fraction of sp³-hybridized carbons (Fsp3) is 0.333. The van der Waals surface area contributed by atoms with Gasteiger partial charge in [0.2, 0.25) is 5.91 Å². The zero-order chi connectivity index (χ0) is 16.0. The van der Waals surface area contributed by atoms with Crippen molar-refractivity contribution < 1.29 is 27.5 Å². The van der Waals surface area contributed by atoms with Crippen molar-refractivity contribution in [3.05, 3.63) is 29.3 Å². The summed E-state index contributed by atoms with van der Waals surface area (Å²) < 4.78 is 42.7. The molecule has 0 radical (unpaired) electrons. The van der Waals surface area contributed by atoms with Gasteiger partial charge in [0.15, 0.2) is 0 Å². The molecule has 5 N–H and O–H groups in total. The number of anilines is 1. The molecule has 0 fully saturated rings. The highest BCUT2D eigenvalue weighted by Gasteiger charge is 2.34. The molecule has 1 aromatic carbocycles. The van der Waals surface area contributed by atoms with Crippen LogP contribution >= 0.6 is 0 Å². The van der Waals surface area contributed by atoms with Gasteiger partial charge in [-0.3, -0.25) is 9.59 Å². The molecular weight excluding hydrogens is 291 g/mol. The Morgan fingerprint density at radius 2 is 1.95 bits per heavy atom. The molecule has 0 unspecified atom stereocenters. The molecule has 0 aromatic heterocycles. The fourth-order valence-electron chi connectivity index (χ4n) is 1.52. The lowest BCUT2D eigenvalue weighted by Gasteiger charge is -2.13. The van der Waals surface area contributed by atoms with Gasteiger partial charge in [0, 0.05) is 6.54 Å². The second-order valence-corrected chi connectivity index (χ2v) is 4.04. The van der Waals surface area contributed by atoms with Crippen LogP contribution in [0.15, 0.2) is 18.2 Å². The van der Waals surface area contributed by atoms with Gasteiger partial charge in [0.05, 0.1) is 23.4 Å². The summed E-state index contributed by atoms with van der Waals surface area (Å²) in [5, 5.41) is 2.33. The summed E-state index contributed by atoms with van der Waals surface area (Å²) in [6, 6.07) is 3.07. The standard InChI is InChI=1S/C12H14F3N3O3/c13-12(14,15)8-3-1-2-7(10(8)17)11(20)18-4-5-21-6-9(16)19/h1-3H,4-6,17H2,(H2,16,19)(H,18,20). The number of nitrogen functional groups attached to an aromatic ring is 1. The van der Waals surface area contributed by atoms with Crippen LogP contribution in [0.3, 0.4) is 0 Å². The Bertz CT molecular complexity index is 532. The molecule has 116 valence electrons. The summed E-state index contributed by atoms with van der Waals surface area (Å²) in [5.41, 5.74) is 8.21. The van der Waals surface area contributed by atoms with E-state index in [2.05, 4.69) is 5.32 Å². The zero-order valence-electron chi connectivity index (χ0n) is 10.9. The number of hydrogen-bond acceptors (Lipinski definition) is 4. The van der Waals surface area contributed by atoms with Crippen LogP contribution in [-0.2, 0) is 15.7 Å². The van der Waals surface area contributed by atoms with Crippen molar-refractivity contribution in [1.29, 1.82) is 0 Å². The van der Waals surface area contributed by atoms with Gasteiger partial charge >= 0.3 is 6.18 Å². The minimum atomic E-state index is -4.63.